The van der Waals surface area contributed by atoms with E-state index in [9.17, 15) is 4.79 Å². The molecule has 9 heteroatoms. The lowest BCUT2D eigenvalue weighted by molar-refractivity contribution is 0.0240. The van der Waals surface area contributed by atoms with Gasteiger partial charge in [0.15, 0.2) is 5.75 Å². The van der Waals surface area contributed by atoms with Gasteiger partial charge in [-0.15, -0.1) is 0 Å². The molecule has 1 aromatic carbocycles. The number of aryl methyl sites for hydroxylation is 2. The highest BCUT2D eigenvalue weighted by Crippen LogP contribution is 2.42. The molecule has 4 heterocycles. The van der Waals surface area contributed by atoms with E-state index in [0.717, 1.165) is 51.9 Å². The van der Waals surface area contributed by atoms with Gasteiger partial charge in [-0.25, -0.2) is 9.78 Å². The molecule has 1 fully saturated rings. The lowest BCUT2D eigenvalue weighted by Gasteiger charge is -2.36. The first-order chi connectivity index (χ1) is 15.2. The number of piperazine rings is 1. The number of carbonyl (C=O) groups excluding carboxylic acids is 1. The van der Waals surface area contributed by atoms with E-state index in [0.29, 0.717) is 32.8 Å². The van der Waals surface area contributed by atoms with Crippen molar-refractivity contribution in [2.45, 2.75) is 46.8 Å². The Morgan fingerprint density at radius 3 is 2.50 bits per heavy atom. The van der Waals surface area contributed by atoms with Crippen LogP contribution in [-0.2, 0) is 11.3 Å². The zero-order valence-corrected chi connectivity index (χ0v) is 19.3. The number of aromatic nitrogens is 3. The molecule has 0 spiro atoms. The number of hydrogen-bond acceptors (Lipinski definition) is 7. The van der Waals surface area contributed by atoms with Crippen LogP contribution in [0.2, 0.25) is 0 Å². The first kappa shape index (κ1) is 20.7. The Morgan fingerprint density at radius 2 is 1.84 bits per heavy atom. The monoisotopic (exact) mass is 439 g/mol. The number of hydrogen-bond donors (Lipinski definition) is 0. The van der Waals surface area contributed by atoms with Crippen LogP contribution in [0.25, 0.3) is 22.2 Å². The summed E-state index contributed by atoms with van der Waals surface area (Å²) in [6, 6.07) is 4.07. The highest BCUT2D eigenvalue weighted by atomic mass is 16.6. The van der Waals surface area contributed by atoms with Crippen molar-refractivity contribution in [3.8, 4) is 16.9 Å². The molecule has 0 N–H and O–H groups in total. The van der Waals surface area contributed by atoms with Crippen molar-refractivity contribution < 1.29 is 18.8 Å². The van der Waals surface area contributed by atoms with Gasteiger partial charge >= 0.3 is 6.09 Å². The van der Waals surface area contributed by atoms with Gasteiger partial charge in [0.1, 0.15) is 23.5 Å². The Bertz CT molecular complexity index is 1160. The molecule has 1 saturated heterocycles. The summed E-state index contributed by atoms with van der Waals surface area (Å²) in [5, 5.41) is 4.11. The minimum absolute atomic E-state index is 0.258. The zero-order valence-electron chi connectivity index (χ0n) is 19.3. The predicted molar refractivity (Wildman–Crippen MR) is 120 cm³/mol. The van der Waals surface area contributed by atoms with E-state index < -0.39 is 5.60 Å². The second-order valence-corrected chi connectivity index (χ2v) is 9.38. The number of nitrogens with zero attached hydrogens (tertiary/aromatic N) is 5. The van der Waals surface area contributed by atoms with Crippen LogP contribution < -0.4 is 9.64 Å². The Hall–Kier alpha value is -3.23. The summed E-state index contributed by atoms with van der Waals surface area (Å²) in [6.07, 6.45) is -0.258. The average molecular weight is 440 g/mol. The van der Waals surface area contributed by atoms with Gasteiger partial charge < -0.3 is 28.4 Å². The fourth-order valence-corrected chi connectivity index (χ4v) is 4.50. The van der Waals surface area contributed by atoms with E-state index in [1.54, 1.807) is 4.90 Å². The summed E-state index contributed by atoms with van der Waals surface area (Å²) < 4.78 is 19.3. The number of imidazole rings is 1. The molecule has 3 aromatic rings. The van der Waals surface area contributed by atoms with Crippen molar-refractivity contribution in [3.05, 3.63) is 23.6 Å². The van der Waals surface area contributed by atoms with Gasteiger partial charge in [0.05, 0.1) is 23.3 Å². The smallest absolute Gasteiger partial charge is 0.410 e. The normalized spacial score (nSPS) is 16.4. The zero-order chi connectivity index (χ0) is 22.6. The number of carbonyl (C=O) groups is 1. The number of benzene rings is 1. The molecule has 1 amide bonds. The Balaban J connectivity index is 1.45. The SMILES string of the molecule is Cc1noc(C)c1-c1ccc2nc(N3CCN(C(=O)OC(C)(C)C)CC3)n3c2c1OCC3. The molecular formula is C23H29N5O4. The maximum atomic E-state index is 12.4. The first-order valence-corrected chi connectivity index (χ1v) is 11.0. The van der Waals surface area contributed by atoms with E-state index in [1.807, 2.05) is 46.8 Å². The fourth-order valence-electron chi connectivity index (χ4n) is 4.50. The largest absolute Gasteiger partial charge is 0.489 e. The quantitative estimate of drug-likeness (QED) is 0.601. The molecule has 5 rings (SSSR count). The van der Waals surface area contributed by atoms with Gasteiger partial charge in [-0.3, -0.25) is 0 Å². The average Bonchev–Trinajstić information content (AvgIpc) is 3.29. The van der Waals surface area contributed by atoms with Gasteiger partial charge in [-0.2, -0.15) is 0 Å². The molecule has 0 unspecified atom stereocenters. The number of rotatable bonds is 2. The lowest BCUT2D eigenvalue weighted by atomic mass is 10.0. The summed E-state index contributed by atoms with van der Waals surface area (Å²) in [7, 11) is 0. The molecule has 0 atom stereocenters. The molecule has 2 aromatic heterocycles. The van der Waals surface area contributed by atoms with Crippen molar-refractivity contribution in [2.75, 3.05) is 37.7 Å². The Labute approximate surface area is 186 Å². The third kappa shape index (κ3) is 3.45. The van der Waals surface area contributed by atoms with E-state index >= 15 is 0 Å². The lowest BCUT2D eigenvalue weighted by Crippen LogP contribution is -2.50. The highest BCUT2D eigenvalue weighted by molar-refractivity contribution is 5.93. The maximum absolute atomic E-state index is 12.4. The third-order valence-corrected chi connectivity index (χ3v) is 5.92. The van der Waals surface area contributed by atoms with Gasteiger partial charge in [0, 0.05) is 31.7 Å². The summed E-state index contributed by atoms with van der Waals surface area (Å²) in [6.45, 7) is 13.4. The first-order valence-electron chi connectivity index (χ1n) is 11.0. The number of amides is 1. The van der Waals surface area contributed by atoms with Crippen LogP contribution in [-0.4, -0.2) is 64.1 Å². The minimum Gasteiger partial charge on any atom is -0.489 e. The molecule has 0 radical (unpaired) electrons. The van der Waals surface area contributed by atoms with Crippen molar-refractivity contribution in [3.63, 3.8) is 0 Å². The van der Waals surface area contributed by atoms with E-state index in [-0.39, 0.29) is 6.09 Å². The number of ether oxygens (including phenoxy) is 2. The van der Waals surface area contributed by atoms with Crippen LogP contribution in [0, 0.1) is 13.8 Å². The molecule has 2 aliphatic heterocycles. The molecule has 0 aliphatic carbocycles. The van der Waals surface area contributed by atoms with E-state index in [2.05, 4.69) is 14.6 Å². The van der Waals surface area contributed by atoms with Gasteiger partial charge in [0.25, 0.3) is 0 Å². The summed E-state index contributed by atoms with van der Waals surface area (Å²) in [4.78, 5) is 21.4. The molecule has 0 bridgehead atoms. The summed E-state index contributed by atoms with van der Waals surface area (Å²) in [5.41, 5.74) is 4.21. The van der Waals surface area contributed by atoms with Crippen molar-refractivity contribution in [1.29, 1.82) is 0 Å². The highest BCUT2D eigenvalue weighted by Gasteiger charge is 2.30. The van der Waals surface area contributed by atoms with Crippen molar-refractivity contribution in [2.24, 2.45) is 0 Å². The summed E-state index contributed by atoms with van der Waals surface area (Å²) in [5.74, 6) is 2.52. The second-order valence-electron chi connectivity index (χ2n) is 9.38. The Morgan fingerprint density at radius 1 is 1.09 bits per heavy atom. The standard InChI is InChI=1S/C23H29N5O4/c1-14-18(15(2)32-25-14)16-6-7-17-19-20(16)30-13-12-28(19)21(24-17)26-8-10-27(11-9-26)22(29)31-23(3,4)5/h6-7H,8-13H2,1-5H3. The van der Waals surface area contributed by atoms with Crippen molar-refractivity contribution in [1.82, 2.24) is 19.6 Å². The van der Waals surface area contributed by atoms with Crippen LogP contribution in [0.15, 0.2) is 16.7 Å². The van der Waals surface area contributed by atoms with Crippen LogP contribution in [0.1, 0.15) is 32.2 Å². The maximum Gasteiger partial charge on any atom is 0.410 e. The van der Waals surface area contributed by atoms with Crippen LogP contribution in [0.3, 0.4) is 0 Å². The number of anilines is 1. The van der Waals surface area contributed by atoms with Gasteiger partial charge in [-0.1, -0.05) is 5.16 Å². The molecule has 170 valence electrons. The second kappa shape index (κ2) is 7.43. The van der Waals surface area contributed by atoms with E-state index in [4.69, 9.17) is 19.0 Å². The third-order valence-electron chi connectivity index (χ3n) is 5.92. The van der Waals surface area contributed by atoms with Gasteiger partial charge in [0.2, 0.25) is 5.95 Å². The molecule has 2 aliphatic rings. The minimum atomic E-state index is -0.492. The predicted octanol–water partition coefficient (Wildman–Crippen LogP) is 3.76. The van der Waals surface area contributed by atoms with Crippen LogP contribution >= 0.6 is 0 Å². The molecule has 9 nitrogen and oxygen atoms in total. The molecule has 0 saturated carbocycles. The van der Waals surface area contributed by atoms with Crippen LogP contribution in [0.5, 0.6) is 5.75 Å². The van der Waals surface area contributed by atoms with E-state index in [1.165, 1.54) is 0 Å². The Kier molecular flexibility index (Phi) is 4.79. The summed E-state index contributed by atoms with van der Waals surface area (Å²) >= 11 is 0. The molecule has 32 heavy (non-hydrogen) atoms. The van der Waals surface area contributed by atoms with Crippen molar-refractivity contribution >= 4 is 23.1 Å². The molecular weight excluding hydrogens is 410 g/mol. The topological polar surface area (TPSA) is 85.9 Å². The van der Waals surface area contributed by atoms with Crippen LogP contribution in [0.4, 0.5) is 10.7 Å². The van der Waals surface area contributed by atoms with Gasteiger partial charge in [-0.05, 0) is 46.8 Å². The fraction of sp³-hybridized carbons (Fsp3) is 0.522.